The molecule has 0 fully saturated rings. The summed E-state index contributed by atoms with van der Waals surface area (Å²) < 4.78 is 0. The summed E-state index contributed by atoms with van der Waals surface area (Å²) in [4.78, 5) is 0. The number of nitrogens with two attached hydrogens (primary N) is 3. The Balaban J connectivity index is 3.03. The Bertz CT molecular complexity index is 138. The minimum Gasteiger partial charge on any atom is -0.301 e. The third-order valence-electron chi connectivity index (χ3n) is 2.27. The lowest BCUT2D eigenvalue weighted by molar-refractivity contribution is 0.400. The van der Waals surface area contributed by atoms with Crippen LogP contribution in [0.2, 0.25) is 0 Å². The first-order valence-electron chi connectivity index (χ1n) is 5.54. The van der Waals surface area contributed by atoms with Crippen molar-refractivity contribution in [3.63, 3.8) is 0 Å². The summed E-state index contributed by atoms with van der Waals surface area (Å²) in [6.07, 6.45) is 11.1. The molecule has 0 saturated heterocycles. The van der Waals surface area contributed by atoms with Crippen molar-refractivity contribution >= 4 is 0 Å². The summed E-state index contributed by atoms with van der Waals surface area (Å²) in [5.41, 5.74) is 16.4. The van der Waals surface area contributed by atoms with Crippen molar-refractivity contribution < 1.29 is 0 Å². The van der Waals surface area contributed by atoms with E-state index in [0.717, 1.165) is 12.8 Å². The van der Waals surface area contributed by atoms with Gasteiger partial charge in [-0.2, -0.15) is 0 Å². The van der Waals surface area contributed by atoms with Gasteiger partial charge < -0.3 is 17.2 Å². The molecule has 6 N–H and O–H groups in total. The summed E-state index contributed by atoms with van der Waals surface area (Å²) in [6.45, 7) is 3.69. The first kappa shape index (κ1) is 13.6. The summed E-state index contributed by atoms with van der Waals surface area (Å²) in [6, 6.07) is 0. The third kappa shape index (κ3) is 11.6. The van der Waals surface area contributed by atoms with Gasteiger partial charge in [0.2, 0.25) is 0 Å². The van der Waals surface area contributed by atoms with Crippen molar-refractivity contribution in [2.24, 2.45) is 17.2 Å². The molecular formula is C11H25N3. The number of rotatable bonds is 9. The van der Waals surface area contributed by atoms with Gasteiger partial charge in [-0.1, -0.05) is 31.8 Å². The molecule has 14 heavy (non-hydrogen) atoms. The van der Waals surface area contributed by atoms with Crippen LogP contribution in [0.15, 0.2) is 12.7 Å². The smallest absolute Gasteiger partial charge is 0.115 e. The van der Waals surface area contributed by atoms with Gasteiger partial charge in [-0.15, -0.1) is 6.58 Å². The molecule has 0 aliphatic rings. The maximum atomic E-state index is 5.46. The third-order valence-corrected chi connectivity index (χ3v) is 2.27. The van der Waals surface area contributed by atoms with Crippen LogP contribution in [-0.2, 0) is 0 Å². The Morgan fingerprint density at radius 2 is 1.36 bits per heavy atom. The first-order valence-corrected chi connectivity index (χ1v) is 5.54. The fraction of sp³-hybridized carbons (Fsp3) is 0.818. The highest BCUT2D eigenvalue weighted by molar-refractivity contribution is 4.67. The van der Waals surface area contributed by atoms with Crippen LogP contribution < -0.4 is 17.2 Å². The van der Waals surface area contributed by atoms with Gasteiger partial charge in [-0.25, -0.2) is 0 Å². The number of hydrogen-bond acceptors (Lipinski definition) is 3. The van der Waals surface area contributed by atoms with E-state index in [1.807, 2.05) is 6.08 Å². The number of allylic oxidation sites excluding steroid dienone is 1. The molecule has 0 aliphatic carbocycles. The quantitative estimate of drug-likeness (QED) is 0.301. The van der Waals surface area contributed by atoms with Gasteiger partial charge in [0.05, 0.1) is 0 Å². The zero-order valence-corrected chi connectivity index (χ0v) is 9.17. The predicted octanol–water partition coefficient (Wildman–Crippen LogP) is 1.82. The second-order valence-electron chi connectivity index (χ2n) is 4.06. The Labute approximate surface area is 87.7 Å². The van der Waals surface area contributed by atoms with Gasteiger partial charge >= 0.3 is 0 Å². The summed E-state index contributed by atoms with van der Waals surface area (Å²) in [5.74, 6) is -0.969. The lowest BCUT2D eigenvalue weighted by Gasteiger charge is -2.17. The average Bonchev–Trinajstić information content (AvgIpc) is 2.08. The number of unbranched alkanes of at least 4 members (excludes halogenated alkanes) is 6. The molecule has 0 radical (unpaired) electrons. The Kier molecular flexibility index (Phi) is 7.76. The monoisotopic (exact) mass is 199 g/mol. The summed E-state index contributed by atoms with van der Waals surface area (Å²) in [5, 5.41) is 0. The van der Waals surface area contributed by atoms with E-state index in [0.29, 0.717) is 6.42 Å². The molecule has 0 saturated carbocycles. The van der Waals surface area contributed by atoms with Crippen molar-refractivity contribution in [1.82, 2.24) is 0 Å². The Morgan fingerprint density at radius 1 is 0.857 bits per heavy atom. The largest absolute Gasteiger partial charge is 0.301 e. The molecule has 0 rings (SSSR count). The fourth-order valence-corrected chi connectivity index (χ4v) is 1.43. The highest BCUT2D eigenvalue weighted by atomic mass is 15.1. The molecule has 84 valence electrons. The average molecular weight is 199 g/mol. The second-order valence-corrected chi connectivity index (χ2v) is 4.06. The van der Waals surface area contributed by atoms with E-state index in [-0.39, 0.29) is 0 Å². The zero-order chi connectivity index (χ0) is 10.9. The second kappa shape index (κ2) is 7.97. The van der Waals surface area contributed by atoms with Crippen LogP contribution in [0, 0.1) is 0 Å². The molecule has 0 heterocycles. The maximum Gasteiger partial charge on any atom is 0.115 e. The van der Waals surface area contributed by atoms with Crippen LogP contribution in [0.4, 0.5) is 0 Å². The van der Waals surface area contributed by atoms with Crippen molar-refractivity contribution in [2.45, 2.75) is 57.2 Å². The zero-order valence-electron chi connectivity index (χ0n) is 9.17. The lowest BCUT2D eigenvalue weighted by Crippen LogP contribution is -2.57. The minimum atomic E-state index is -0.969. The molecule has 0 aromatic carbocycles. The van der Waals surface area contributed by atoms with Gasteiger partial charge in [0.15, 0.2) is 0 Å². The molecule has 3 nitrogen and oxygen atoms in total. The molecule has 0 unspecified atom stereocenters. The predicted molar refractivity (Wildman–Crippen MR) is 62.4 cm³/mol. The van der Waals surface area contributed by atoms with Crippen molar-refractivity contribution in [3.05, 3.63) is 12.7 Å². The summed E-state index contributed by atoms with van der Waals surface area (Å²) in [7, 11) is 0. The van der Waals surface area contributed by atoms with Crippen molar-refractivity contribution in [3.8, 4) is 0 Å². The van der Waals surface area contributed by atoms with Crippen molar-refractivity contribution in [2.75, 3.05) is 0 Å². The Hall–Kier alpha value is -0.380. The normalized spacial score (nSPS) is 11.6. The molecule has 0 bridgehead atoms. The molecule has 0 aromatic rings. The van der Waals surface area contributed by atoms with Gasteiger partial charge in [-0.05, 0) is 25.7 Å². The summed E-state index contributed by atoms with van der Waals surface area (Å²) >= 11 is 0. The molecule has 0 spiro atoms. The molecule has 0 amide bonds. The molecule has 0 aromatic heterocycles. The van der Waals surface area contributed by atoms with E-state index >= 15 is 0 Å². The molecule has 0 atom stereocenters. The molecule has 3 heteroatoms. The first-order chi connectivity index (χ1) is 6.56. The van der Waals surface area contributed by atoms with Gasteiger partial charge in [0.1, 0.15) is 5.79 Å². The van der Waals surface area contributed by atoms with E-state index in [4.69, 9.17) is 17.2 Å². The van der Waals surface area contributed by atoms with Gasteiger partial charge in [0.25, 0.3) is 0 Å². The van der Waals surface area contributed by atoms with Crippen LogP contribution in [0.5, 0.6) is 0 Å². The van der Waals surface area contributed by atoms with E-state index in [1.54, 1.807) is 0 Å². The number of hydrogen-bond donors (Lipinski definition) is 3. The van der Waals surface area contributed by atoms with Crippen molar-refractivity contribution in [1.29, 1.82) is 0 Å². The van der Waals surface area contributed by atoms with Crippen LogP contribution in [0.1, 0.15) is 51.4 Å². The van der Waals surface area contributed by atoms with E-state index in [2.05, 4.69) is 6.58 Å². The van der Waals surface area contributed by atoms with Crippen LogP contribution in [-0.4, -0.2) is 5.79 Å². The minimum absolute atomic E-state index is 0.708. The molecule has 0 aliphatic heterocycles. The van der Waals surface area contributed by atoms with Crippen LogP contribution in [0.3, 0.4) is 0 Å². The van der Waals surface area contributed by atoms with Crippen LogP contribution >= 0.6 is 0 Å². The van der Waals surface area contributed by atoms with E-state index < -0.39 is 5.79 Å². The van der Waals surface area contributed by atoms with Crippen LogP contribution in [0.25, 0.3) is 0 Å². The Morgan fingerprint density at radius 3 is 1.86 bits per heavy atom. The van der Waals surface area contributed by atoms with E-state index in [9.17, 15) is 0 Å². The fourth-order valence-electron chi connectivity index (χ4n) is 1.43. The van der Waals surface area contributed by atoms with Gasteiger partial charge in [-0.3, -0.25) is 0 Å². The highest BCUT2D eigenvalue weighted by Crippen LogP contribution is 2.09. The van der Waals surface area contributed by atoms with Gasteiger partial charge in [0, 0.05) is 0 Å². The maximum absolute atomic E-state index is 5.46. The molecular weight excluding hydrogens is 174 g/mol. The topological polar surface area (TPSA) is 78.1 Å². The lowest BCUT2D eigenvalue weighted by atomic mass is 10.1. The SMILES string of the molecule is C=CCCCCCCCCC(N)(N)N. The standard InChI is InChI=1S/C11H25N3/c1-2-3-4-5-6-7-8-9-10-11(12,13)14/h2H,1,3-10,12-14H2. The highest BCUT2D eigenvalue weighted by Gasteiger charge is 2.09. The van der Waals surface area contributed by atoms with E-state index in [1.165, 1.54) is 32.1 Å².